The van der Waals surface area contributed by atoms with Gasteiger partial charge in [0.1, 0.15) is 11.5 Å². The molecule has 0 radical (unpaired) electrons. The molecule has 2 aromatic heterocycles. The predicted molar refractivity (Wildman–Crippen MR) is 92.9 cm³/mol. The highest BCUT2D eigenvalue weighted by atomic mass is 19.1. The van der Waals surface area contributed by atoms with Gasteiger partial charge >= 0.3 is 0 Å². The molecular weight excluding hydrogens is 323 g/mol. The lowest BCUT2D eigenvalue weighted by atomic mass is 10.2. The van der Waals surface area contributed by atoms with Crippen LogP contribution in [0.15, 0.2) is 65.8 Å². The van der Waals surface area contributed by atoms with Crippen molar-refractivity contribution >= 4 is 17.3 Å². The molecule has 0 aliphatic heterocycles. The van der Waals surface area contributed by atoms with E-state index in [1.54, 1.807) is 24.4 Å². The number of benzene rings is 1. The highest BCUT2D eigenvalue weighted by Crippen LogP contribution is 2.18. The number of halogens is 1. The largest absolute Gasteiger partial charge is 0.355 e. The number of carbonyl (C=O) groups is 1. The first-order valence-electron chi connectivity index (χ1n) is 7.51. The maximum atomic E-state index is 13.1. The van der Waals surface area contributed by atoms with Crippen LogP contribution in [-0.4, -0.2) is 22.5 Å². The Morgan fingerprint density at radius 1 is 1.12 bits per heavy atom. The molecule has 0 fully saturated rings. The van der Waals surface area contributed by atoms with Crippen molar-refractivity contribution in [3.63, 3.8) is 0 Å². The average Bonchev–Trinajstić information content (AvgIpc) is 2.64. The van der Waals surface area contributed by atoms with Crippen LogP contribution in [0.2, 0.25) is 0 Å². The zero-order valence-electron chi connectivity index (χ0n) is 13.4. The maximum absolute atomic E-state index is 13.1. The zero-order valence-corrected chi connectivity index (χ0v) is 13.4. The van der Waals surface area contributed by atoms with Crippen molar-refractivity contribution in [3.8, 4) is 5.69 Å². The Hall–Kier alpha value is -3.48. The molecule has 3 aromatic rings. The second-order valence-electron chi connectivity index (χ2n) is 5.20. The average molecular weight is 338 g/mol. The first-order valence-corrected chi connectivity index (χ1v) is 7.51. The summed E-state index contributed by atoms with van der Waals surface area (Å²) < 4.78 is 14.5. The first-order chi connectivity index (χ1) is 12.1. The minimum atomic E-state index is -0.377. The first kappa shape index (κ1) is 16.4. The second kappa shape index (κ2) is 6.96. The van der Waals surface area contributed by atoms with Crippen LogP contribution in [-0.2, 0) is 0 Å². The topological polar surface area (TPSA) is 76.0 Å². The Bertz CT molecular complexity index is 967. The van der Waals surface area contributed by atoms with Crippen LogP contribution in [0, 0.1) is 5.82 Å². The van der Waals surface area contributed by atoms with Gasteiger partial charge in [-0.3, -0.25) is 19.1 Å². The summed E-state index contributed by atoms with van der Waals surface area (Å²) in [6, 6.07) is 10.5. The Morgan fingerprint density at radius 2 is 1.88 bits per heavy atom. The van der Waals surface area contributed by atoms with Crippen LogP contribution in [0.4, 0.5) is 15.8 Å². The molecule has 126 valence electrons. The Morgan fingerprint density at radius 3 is 2.60 bits per heavy atom. The lowest BCUT2D eigenvalue weighted by molar-refractivity contribution is 0.0963. The molecule has 1 aromatic carbocycles. The van der Waals surface area contributed by atoms with Crippen molar-refractivity contribution in [2.24, 2.45) is 0 Å². The minimum absolute atomic E-state index is 0.281. The smallest absolute Gasteiger partial charge is 0.278 e. The normalized spacial score (nSPS) is 10.3. The van der Waals surface area contributed by atoms with Crippen molar-refractivity contribution in [1.82, 2.24) is 14.9 Å². The predicted octanol–water partition coefficient (Wildman–Crippen LogP) is 2.47. The standard InChI is InChI=1S/C18H15FN4O2/c1-20-17(24)14-11-21-9-8-15(14)22-16-3-2-10-23(18(16)25)13-6-4-12(19)5-7-13/h2-11H,1H3,(H,20,24)(H,21,22). The number of hydrogen-bond donors (Lipinski definition) is 2. The van der Waals surface area contributed by atoms with Gasteiger partial charge in [0.2, 0.25) is 0 Å². The van der Waals surface area contributed by atoms with Gasteiger partial charge in [-0.2, -0.15) is 0 Å². The highest BCUT2D eigenvalue weighted by molar-refractivity contribution is 5.99. The van der Waals surface area contributed by atoms with Crippen LogP contribution in [0.1, 0.15) is 10.4 Å². The number of nitrogens with zero attached hydrogens (tertiary/aromatic N) is 2. The third-order valence-corrected chi connectivity index (χ3v) is 3.61. The summed E-state index contributed by atoms with van der Waals surface area (Å²) >= 11 is 0. The van der Waals surface area contributed by atoms with Crippen LogP contribution in [0.25, 0.3) is 5.69 Å². The number of anilines is 2. The van der Waals surface area contributed by atoms with Crippen molar-refractivity contribution in [1.29, 1.82) is 0 Å². The molecule has 0 spiro atoms. The molecule has 2 N–H and O–H groups in total. The molecule has 0 aliphatic rings. The number of aromatic nitrogens is 2. The van der Waals surface area contributed by atoms with E-state index in [0.29, 0.717) is 16.9 Å². The molecule has 0 unspecified atom stereocenters. The zero-order chi connectivity index (χ0) is 17.8. The van der Waals surface area contributed by atoms with Gasteiger partial charge in [-0.05, 0) is 42.5 Å². The van der Waals surface area contributed by atoms with Crippen molar-refractivity contribution in [2.75, 3.05) is 12.4 Å². The van der Waals surface area contributed by atoms with Gasteiger partial charge in [0.15, 0.2) is 0 Å². The van der Waals surface area contributed by atoms with E-state index in [0.717, 1.165) is 0 Å². The molecule has 0 saturated heterocycles. The summed E-state index contributed by atoms with van der Waals surface area (Å²) in [7, 11) is 1.52. The SMILES string of the molecule is CNC(=O)c1cnccc1Nc1cccn(-c2ccc(F)cc2)c1=O. The molecule has 2 heterocycles. The summed E-state index contributed by atoms with van der Waals surface area (Å²) in [5.41, 5.74) is 1.28. The second-order valence-corrected chi connectivity index (χ2v) is 5.20. The molecular formula is C18H15FN4O2. The Balaban J connectivity index is 2.00. The molecule has 0 bridgehead atoms. The van der Waals surface area contributed by atoms with E-state index in [-0.39, 0.29) is 23.0 Å². The third-order valence-electron chi connectivity index (χ3n) is 3.61. The van der Waals surface area contributed by atoms with E-state index in [4.69, 9.17) is 0 Å². The van der Waals surface area contributed by atoms with Crippen molar-refractivity contribution in [3.05, 3.63) is 82.8 Å². The van der Waals surface area contributed by atoms with E-state index in [1.807, 2.05) is 0 Å². The summed E-state index contributed by atoms with van der Waals surface area (Å²) in [6.07, 6.45) is 4.53. The van der Waals surface area contributed by atoms with Gasteiger partial charge in [-0.15, -0.1) is 0 Å². The maximum Gasteiger partial charge on any atom is 0.278 e. The highest BCUT2D eigenvalue weighted by Gasteiger charge is 2.12. The Labute approximate surface area is 143 Å². The fraction of sp³-hybridized carbons (Fsp3) is 0.0556. The number of pyridine rings is 2. The van der Waals surface area contributed by atoms with Gasteiger partial charge in [-0.1, -0.05) is 0 Å². The lowest BCUT2D eigenvalue weighted by Crippen LogP contribution is -2.22. The van der Waals surface area contributed by atoms with Gasteiger partial charge < -0.3 is 10.6 Å². The molecule has 0 aliphatic carbocycles. The van der Waals surface area contributed by atoms with Crippen LogP contribution < -0.4 is 16.2 Å². The van der Waals surface area contributed by atoms with E-state index >= 15 is 0 Å². The number of rotatable bonds is 4. The van der Waals surface area contributed by atoms with E-state index in [9.17, 15) is 14.0 Å². The minimum Gasteiger partial charge on any atom is -0.355 e. The number of amides is 1. The summed E-state index contributed by atoms with van der Waals surface area (Å²) in [6.45, 7) is 0. The number of nitrogens with one attached hydrogen (secondary N) is 2. The Kier molecular flexibility index (Phi) is 4.56. The monoisotopic (exact) mass is 338 g/mol. The fourth-order valence-electron chi connectivity index (χ4n) is 2.36. The molecule has 7 heteroatoms. The summed E-state index contributed by atoms with van der Waals surface area (Å²) in [5.74, 6) is -0.691. The molecule has 25 heavy (non-hydrogen) atoms. The van der Waals surface area contributed by atoms with Gasteiger partial charge in [0.25, 0.3) is 11.5 Å². The number of carbonyl (C=O) groups excluding carboxylic acids is 1. The quantitative estimate of drug-likeness (QED) is 0.766. The molecule has 0 atom stereocenters. The van der Waals surface area contributed by atoms with Crippen molar-refractivity contribution < 1.29 is 9.18 Å². The van der Waals surface area contributed by atoms with E-state index < -0.39 is 0 Å². The fourth-order valence-corrected chi connectivity index (χ4v) is 2.36. The molecule has 0 saturated carbocycles. The summed E-state index contributed by atoms with van der Waals surface area (Å²) in [5, 5.41) is 5.50. The molecule has 1 amide bonds. The number of hydrogen-bond acceptors (Lipinski definition) is 4. The van der Waals surface area contributed by atoms with Crippen LogP contribution in [0.5, 0.6) is 0 Å². The molecule has 6 nitrogen and oxygen atoms in total. The van der Waals surface area contributed by atoms with Gasteiger partial charge in [-0.25, -0.2) is 4.39 Å². The van der Waals surface area contributed by atoms with E-state index in [1.165, 1.54) is 48.3 Å². The van der Waals surface area contributed by atoms with Crippen LogP contribution in [0.3, 0.4) is 0 Å². The third kappa shape index (κ3) is 3.40. The lowest BCUT2D eigenvalue weighted by Gasteiger charge is -2.12. The van der Waals surface area contributed by atoms with Crippen molar-refractivity contribution in [2.45, 2.75) is 0 Å². The molecule has 3 rings (SSSR count). The van der Waals surface area contributed by atoms with Gasteiger partial charge in [0.05, 0.1) is 11.3 Å². The van der Waals surface area contributed by atoms with Gasteiger partial charge in [0, 0.05) is 31.3 Å². The summed E-state index contributed by atoms with van der Waals surface area (Å²) in [4.78, 5) is 28.6. The van der Waals surface area contributed by atoms with E-state index in [2.05, 4.69) is 15.6 Å². The van der Waals surface area contributed by atoms with Crippen LogP contribution >= 0.6 is 0 Å².